The van der Waals surface area contributed by atoms with E-state index in [1.54, 1.807) is 0 Å². The van der Waals surface area contributed by atoms with Crippen LogP contribution in [-0.4, -0.2) is 12.1 Å². The van der Waals surface area contributed by atoms with Gasteiger partial charge in [0.05, 0.1) is 5.92 Å². The smallest absolute Gasteiger partial charge is 0.309 e. The van der Waals surface area contributed by atoms with Crippen LogP contribution in [0, 0.1) is 41.9 Å². The van der Waals surface area contributed by atoms with Crippen molar-refractivity contribution in [3.05, 3.63) is 6.42 Å². The minimum atomic E-state index is 0. The Kier molecular flexibility index (Phi) is 7.35. The van der Waals surface area contributed by atoms with Gasteiger partial charge in [-0.2, -0.15) is 12.8 Å². The van der Waals surface area contributed by atoms with Crippen molar-refractivity contribution in [2.75, 3.05) is 0 Å². The zero-order chi connectivity index (χ0) is 16.8. The van der Waals surface area contributed by atoms with E-state index in [0.29, 0.717) is 11.8 Å². The fourth-order valence-electron chi connectivity index (χ4n) is 4.39. The average molecular weight is 597 g/mol. The Morgan fingerprint density at radius 2 is 1.40 bits per heavy atom. The van der Waals surface area contributed by atoms with E-state index >= 15 is 0 Å². The van der Waals surface area contributed by atoms with Gasteiger partial charge in [0.1, 0.15) is 6.10 Å². The molecule has 3 aliphatic rings. The molecule has 25 heavy (non-hydrogen) atoms. The Hall–Kier alpha value is -1.97. The maximum atomic E-state index is 12.4. The van der Waals surface area contributed by atoms with Crippen LogP contribution in [0.2, 0.25) is 0 Å². The van der Waals surface area contributed by atoms with Gasteiger partial charge in [-0.3, -0.25) is 4.79 Å². The van der Waals surface area contributed by atoms with Crippen molar-refractivity contribution in [3.8, 4) is 11.8 Å². The summed E-state index contributed by atoms with van der Waals surface area (Å²) < 4.78 is 5.79. The van der Waals surface area contributed by atoms with Gasteiger partial charge in [-0.1, -0.05) is 31.6 Å². The Morgan fingerprint density at radius 1 is 0.840 bits per heavy atom. The number of ether oxygens (including phenoxy) is 1. The molecule has 0 N–H and O–H groups in total. The molecule has 0 aromatic rings. The van der Waals surface area contributed by atoms with Gasteiger partial charge in [0.2, 0.25) is 0 Å². The van der Waals surface area contributed by atoms with Crippen molar-refractivity contribution in [3.63, 3.8) is 0 Å². The maximum absolute atomic E-state index is 12.4. The van der Waals surface area contributed by atoms with Crippen molar-refractivity contribution in [2.24, 2.45) is 23.7 Å². The number of carbonyl (C=O) groups excluding carboxylic acids is 1. The van der Waals surface area contributed by atoms with Gasteiger partial charge in [-0.05, 0) is 57.3 Å². The van der Waals surface area contributed by atoms with Gasteiger partial charge in [0.15, 0.2) is 0 Å². The molecule has 3 fully saturated rings. The summed E-state index contributed by atoms with van der Waals surface area (Å²) in [5.41, 5.74) is 0. The first kappa shape index (κ1) is 19.4. The van der Waals surface area contributed by atoms with Crippen LogP contribution in [0.4, 0.5) is 0 Å². The molecular weight excluding hydrogens is 563 g/mol. The molecule has 3 heteroatoms. The summed E-state index contributed by atoms with van der Waals surface area (Å²) in [4.78, 5) is 12.4. The molecule has 0 bridgehead atoms. The van der Waals surface area contributed by atoms with Crippen LogP contribution in [0.3, 0.4) is 0 Å². The minimum absolute atomic E-state index is 0. The second kappa shape index (κ2) is 9.50. The molecule has 3 aliphatic carbocycles. The molecule has 0 aliphatic heterocycles. The Balaban J connectivity index is 0.00000225. The van der Waals surface area contributed by atoms with E-state index in [0.717, 1.165) is 44.4 Å². The molecule has 0 aromatic carbocycles. The third-order valence-corrected chi connectivity index (χ3v) is 6.24. The molecule has 0 unspecified atom stereocenters. The van der Waals surface area contributed by atoms with Crippen molar-refractivity contribution in [1.82, 2.24) is 0 Å². The minimum Gasteiger partial charge on any atom is -0.462 e. The van der Waals surface area contributed by atoms with E-state index in [9.17, 15) is 4.79 Å². The summed E-state index contributed by atoms with van der Waals surface area (Å²) >= 11 is 0. The van der Waals surface area contributed by atoms with E-state index in [1.165, 1.54) is 38.5 Å². The first-order chi connectivity index (χ1) is 11.7. The molecule has 3 rings (SSSR count). The molecule has 0 atom stereocenters. The summed E-state index contributed by atoms with van der Waals surface area (Å²) in [5, 5.41) is 0. The van der Waals surface area contributed by atoms with Crippen LogP contribution < -0.4 is 0 Å². The zero-order valence-corrected chi connectivity index (χ0v) is 22.4. The van der Waals surface area contributed by atoms with E-state index < -0.39 is 0 Å². The molecular formula is C22H33O2Rf-. The standard InChI is InChI=1S/C22H33O2.Rf/c1-17-7-15-21(16-8-17)24-22(23)20-13-11-19(12-14-20)10-9-18-5-3-2-4-6-18;/h2,17-21H,3-8,11-16H2,1H3;/q-1;. The summed E-state index contributed by atoms with van der Waals surface area (Å²) in [6.45, 7) is 2.30. The van der Waals surface area contributed by atoms with Crippen molar-refractivity contribution >= 4 is 5.97 Å². The van der Waals surface area contributed by atoms with Crippen LogP contribution >= 0.6 is 0 Å². The topological polar surface area (TPSA) is 26.3 Å². The summed E-state index contributed by atoms with van der Waals surface area (Å²) in [6, 6.07) is 0. The van der Waals surface area contributed by atoms with Gasteiger partial charge in [0, 0.05) is 11.8 Å². The Labute approximate surface area is 148 Å². The fourth-order valence-corrected chi connectivity index (χ4v) is 4.39. The van der Waals surface area contributed by atoms with Gasteiger partial charge >= 0.3 is 5.97 Å². The fraction of sp³-hybridized carbons (Fsp3) is 0.818. The number of carbonyl (C=O) groups is 1. The third kappa shape index (κ3) is 5.80. The quantitative estimate of drug-likeness (QED) is 0.246. The third-order valence-electron chi connectivity index (χ3n) is 6.24. The number of esters is 1. The van der Waals surface area contributed by atoms with E-state index in [4.69, 9.17) is 4.74 Å². The molecule has 0 heterocycles. The van der Waals surface area contributed by atoms with Crippen molar-refractivity contribution in [2.45, 2.75) is 90.1 Å². The molecule has 136 valence electrons. The van der Waals surface area contributed by atoms with Gasteiger partial charge in [-0.25, -0.2) is 0 Å². The number of rotatable bonds is 2. The van der Waals surface area contributed by atoms with E-state index in [1.807, 2.05) is 0 Å². The molecule has 0 aromatic heterocycles. The van der Waals surface area contributed by atoms with Crippen LogP contribution in [0.25, 0.3) is 0 Å². The average Bonchev–Trinajstić information content (AvgIpc) is 2.63. The predicted octanol–water partition coefficient (Wildman–Crippen LogP) is 5.31. The zero-order valence-electron chi connectivity index (χ0n) is 16.0. The molecule has 3 saturated carbocycles. The first-order valence-electron chi connectivity index (χ1n) is 10.2. The summed E-state index contributed by atoms with van der Waals surface area (Å²) in [7, 11) is 0. The van der Waals surface area contributed by atoms with Crippen LogP contribution in [-0.2, 0) is 9.53 Å². The maximum Gasteiger partial charge on any atom is 0.309 e. The molecule has 0 radical (unpaired) electrons. The van der Waals surface area contributed by atoms with Crippen molar-refractivity contribution < 1.29 is 9.53 Å². The van der Waals surface area contributed by atoms with Crippen LogP contribution in [0.15, 0.2) is 0 Å². The predicted molar refractivity (Wildman–Crippen MR) is 97.0 cm³/mol. The summed E-state index contributed by atoms with van der Waals surface area (Å²) in [5.74, 6) is 9.17. The molecule has 0 spiro atoms. The van der Waals surface area contributed by atoms with Gasteiger partial charge < -0.3 is 11.2 Å². The monoisotopic (exact) mass is 596 g/mol. The summed E-state index contributed by atoms with van der Waals surface area (Å²) in [6.07, 6.45) is 16.2. The van der Waals surface area contributed by atoms with Crippen LogP contribution in [0.1, 0.15) is 84.0 Å². The molecule has 0 amide bonds. The van der Waals surface area contributed by atoms with E-state index in [2.05, 4.69) is 25.2 Å². The van der Waals surface area contributed by atoms with Gasteiger partial charge in [0.25, 0.3) is 0 Å². The number of hydrogen-bond acceptors (Lipinski definition) is 2. The van der Waals surface area contributed by atoms with Crippen LogP contribution in [0.5, 0.6) is 0 Å². The SMILES string of the molecule is CC1CCC(OC(=O)C2CCC(C#CC3CC[CH-]CC3)CC2)CC1.[Rf]. The van der Waals surface area contributed by atoms with E-state index in [-0.39, 0.29) is 18.0 Å². The first-order valence-corrected chi connectivity index (χ1v) is 10.2. The largest absolute Gasteiger partial charge is 0.462 e. The molecule has 0 saturated heterocycles. The Morgan fingerprint density at radius 3 is 2.00 bits per heavy atom. The molecule has 2 nitrogen and oxygen atoms in total. The number of hydrogen-bond donors (Lipinski definition) is 0. The Bertz CT molecular complexity index is 456. The van der Waals surface area contributed by atoms with Crippen molar-refractivity contribution in [1.29, 1.82) is 0 Å². The van der Waals surface area contributed by atoms with Gasteiger partial charge in [-0.15, -0.1) is 0 Å². The second-order valence-electron chi connectivity index (χ2n) is 8.30. The normalized spacial score (nSPS) is 33.5. The second-order valence-corrected chi connectivity index (χ2v) is 8.30.